The molecule has 0 aromatic carbocycles. The third-order valence-corrected chi connectivity index (χ3v) is 17.0. The maximum atomic E-state index is 13.1. The van der Waals surface area contributed by atoms with E-state index in [2.05, 4.69) is 27.7 Å². The van der Waals surface area contributed by atoms with E-state index >= 15 is 0 Å². The van der Waals surface area contributed by atoms with Gasteiger partial charge in [-0.05, 0) is 66.6 Å². The lowest BCUT2D eigenvalue weighted by molar-refractivity contribution is -0.135. The molecule has 0 aromatic heterocycles. The van der Waals surface area contributed by atoms with Crippen molar-refractivity contribution in [3.8, 4) is 0 Å². The number of amides is 2. The Morgan fingerprint density at radius 3 is 1.89 bits per heavy atom. The van der Waals surface area contributed by atoms with E-state index in [4.69, 9.17) is 0 Å². The SMILES string of the molecule is CC1(C)C2CCC13CS(=O)(=O)N(C(=O)C/C=C/CC(=O)N1[C@H]4CC56C(CCC45CS1(=O)=O)C6(C)C)[C@H]3C2. The van der Waals surface area contributed by atoms with Crippen molar-refractivity contribution in [1.29, 1.82) is 0 Å². The lowest BCUT2D eigenvalue weighted by atomic mass is 9.52. The van der Waals surface area contributed by atoms with Crippen LogP contribution in [0, 0.1) is 38.9 Å². The quantitative estimate of drug-likeness (QED) is 0.498. The second-order valence-electron chi connectivity index (χ2n) is 14.3. The largest absolute Gasteiger partial charge is 0.273 e. The number of carbonyl (C=O) groups is 2. The molecule has 0 radical (unpaired) electrons. The van der Waals surface area contributed by atoms with E-state index in [1.807, 2.05) is 0 Å². The summed E-state index contributed by atoms with van der Waals surface area (Å²) < 4.78 is 54.7. The molecule has 8 nitrogen and oxygen atoms in total. The van der Waals surface area contributed by atoms with Crippen LogP contribution in [0.2, 0.25) is 0 Å². The minimum Gasteiger partial charge on any atom is -0.273 e. The maximum absolute atomic E-state index is 13.1. The molecule has 0 aromatic rings. The molecule has 2 saturated heterocycles. The second-order valence-corrected chi connectivity index (χ2v) is 18.0. The molecule has 2 bridgehead atoms. The molecule has 7 atom stereocenters. The van der Waals surface area contributed by atoms with Crippen molar-refractivity contribution in [2.75, 3.05) is 11.5 Å². The average molecular weight is 551 g/mol. The van der Waals surface area contributed by atoms with E-state index in [1.165, 1.54) is 12.2 Å². The highest BCUT2D eigenvalue weighted by molar-refractivity contribution is 7.90. The Morgan fingerprint density at radius 1 is 0.784 bits per heavy atom. The van der Waals surface area contributed by atoms with Crippen molar-refractivity contribution < 1.29 is 26.4 Å². The lowest BCUT2D eigenvalue weighted by Crippen LogP contribution is -2.59. The van der Waals surface area contributed by atoms with Gasteiger partial charge < -0.3 is 0 Å². The molecule has 2 heterocycles. The predicted molar refractivity (Wildman–Crippen MR) is 137 cm³/mol. The molecule has 2 amide bonds. The van der Waals surface area contributed by atoms with Gasteiger partial charge in [0.15, 0.2) is 0 Å². The van der Waals surface area contributed by atoms with Crippen molar-refractivity contribution in [2.45, 2.75) is 91.1 Å². The van der Waals surface area contributed by atoms with E-state index in [9.17, 15) is 26.4 Å². The summed E-state index contributed by atoms with van der Waals surface area (Å²) in [6.45, 7) is 8.78. The monoisotopic (exact) mass is 550 g/mol. The number of sulfonamides is 2. The Morgan fingerprint density at radius 2 is 1.32 bits per heavy atom. The van der Waals surface area contributed by atoms with Gasteiger partial charge in [-0.1, -0.05) is 39.8 Å². The molecule has 2 aliphatic heterocycles. The van der Waals surface area contributed by atoms with Gasteiger partial charge in [-0.2, -0.15) is 0 Å². The maximum Gasteiger partial charge on any atom is 0.240 e. The number of hydrogen-bond acceptors (Lipinski definition) is 6. The number of rotatable bonds is 4. The molecule has 3 spiro atoms. The molecule has 5 unspecified atom stereocenters. The van der Waals surface area contributed by atoms with Crippen LogP contribution in [-0.2, 0) is 29.6 Å². The summed E-state index contributed by atoms with van der Waals surface area (Å²) in [7, 11) is -7.33. The van der Waals surface area contributed by atoms with Crippen molar-refractivity contribution in [2.24, 2.45) is 38.9 Å². The Balaban J connectivity index is 1.03. The summed E-state index contributed by atoms with van der Waals surface area (Å²) in [6, 6.07) is -0.508. The zero-order valence-electron chi connectivity index (χ0n) is 22.2. The van der Waals surface area contributed by atoms with Gasteiger partial charge in [0, 0.05) is 23.7 Å². The first-order valence-corrected chi connectivity index (χ1v) is 17.1. The molecule has 37 heavy (non-hydrogen) atoms. The summed E-state index contributed by atoms with van der Waals surface area (Å²) in [5.74, 6) is 0.224. The molecule has 7 fully saturated rings. The molecule has 10 heteroatoms. The number of nitrogens with zero attached hydrogens (tertiary/aromatic N) is 2. The standard InChI is InChI=1S/C27H38N2O6S2/c1-23(2)17-9-11-25(23)15-36(32,33)28(19(25)13-17)21(30)7-5-6-8-22(31)29-20-14-27-18(24(27,3)4)10-12-26(20,27)16-37(29,34)35/h5-6,17-20H,7-16H2,1-4H3/b6-5+/t17?,18?,19-,20-,25?,26?,27?/m0/s1. The Kier molecular flexibility index (Phi) is 4.42. The molecule has 5 saturated carbocycles. The van der Waals surface area contributed by atoms with Crippen LogP contribution < -0.4 is 0 Å². The highest BCUT2D eigenvalue weighted by Gasteiger charge is 2.91. The van der Waals surface area contributed by atoms with E-state index in [-0.39, 0.29) is 63.5 Å². The van der Waals surface area contributed by atoms with Crippen molar-refractivity contribution in [3.63, 3.8) is 0 Å². The first-order chi connectivity index (χ1) is 17.1. The van der Waals surface area contributed by atoms with Crippen molar-refractivity contribution in [1.82, 2.24) is 8.61 Å². The van der Waals surface area contributed by atoms with Crippen molar-refractivity contribution >= 4 is 31.9 Å². The van der Waals surface area contributed by atoms with Gasteiger partial charge in [-0.15, -0.1) is 0 Å². The van der Waals surface area contributed by atoms with Gasteiger partial charge in [0.1, 0.15) is 0 Å². The predicted octanol–water partition coefficient (Wildman–Crippen LogP) is 3.06. The smallest absolute Gasteiger partial charge is 0.240 e. The van der Waals surface area contributed by atoms with Crippen LogP contribution in [0.1, 0.15) is 79.1 Å². The van der Waals surface area contributed by atoms with Crippen LogP contribution in [0.3, 0.4) is 0 Å². The molecule has 5 aliphatic carbocycles. The van der Waals surface area contributed by atoms with Gasteiger partial charge in [-0.3, -0.25) is 9.59 Å². The average Bonchev–Trinajstić information content (AvgIpc) is 3.08. The zero-order chi connectivity index (χ0) is 26.6. The molecular formula is C27H38N2O6S2. The number of carbonyl (C=O) groups excluding carboxylic acids is 2. The second kappa shape index (κ2) is 6.65. The Hall–Kier alpha value is -1.42. The highest BCUT2D eigenvalue weighted by atomic mass is 32.2. The van der Waals surface area contributed by atoms with Gasteiger partial charge in [0.05, 0.1) is 23.6 Å². The van der Waals surface area contributed by atoms with Gasteiger partial charge in [-0.25, -0.2) is 25.4 Å². The first-order valence-electron chi connectivity index (χ1n) is 13.8. The van der Waals surface area contributed by atoms with Crippen LogP contribution in [0.4, 0.5) is 0 Å². The fraction of sp³-hybridized carbons (Fsp3) is 0.852. The van der Waals surface area contributed by atoms with Gasteiger partial charge in [0.2, 0.25) is 31.9 Å². The van der Waals surface area contributed by atoms with Crippen molar-refractivity contribution in [3.05, 3.63) is 12.2 Å². The summed E-state index contributed by atoms with van der Waals surface area (Å²) in [4.78, 5) is 26.3. The first kappa shape index (κ1) is 24.6. The third-order valence-electron chi connectivity index (χ3n) is 13.1. The molecule has 204 valence electrons. The van der Waals surface area contributed by atoms with E-state index in [0.29, 0.717) is 11.8 Å². The summed E-state index contributed by atoms with van der Waals surface area (Å²) in [6.07, 6.45) is 8.15. The minimum absolute atomic E-state index is 0.0389. The van der Waals surface area contributed by atoms with Crippen LogP contribution in [0.5, 0.6) is 0 Å². The molecule has 7 aliphatic rings. The Bertz CT molecular complexity index is 1380. The van der Waals surface area contributed by atoms with Crippen LogP contribution in [0.15, 0.2) is 12.2 Å². The van der Waals surface area contributed by atoms with Crippen LogP contribution in [-0.4, -0.2) is 60.8 Å². The highest BCUT2D eigenvalue weighted by Crippen LogP contribution is 2.92. The van der Waals surface area contributed by atoms with E-state index in [0.717, 1.165) is 47.1 Å². The number of hydrogen-bond donors (Lipinski definition) is 0. The minimum atomic E-state index is -3.67. The lowest BCUT2D eigenvalue weighted by Gasteiger charge is -2.54. The van der Waals surface area contributed by atoms with Crippen LogP contribution in [0.25, 0.3) is 0 Å². The number of fused-ring (bicyclic) bond motifs is 1. The Labute approximate surface area is 220 Å². The van der Waals surface area contributed by atoms with Gasteiger partial charge in [0.25, 0.3) is 0 Å². The topological polar surface area (TPSA) is 109 Å². The van der Waals surface area contributed by atoms with Gasteiger partial charge >= 0.3 is 0 Å². The van der Waals surface area contributed by atoms with E-state index < -0.39 is 31.9 Å². The third kappa shape index (κ3) is 2.48. The molecule has 7 rings (SSSR count). The molecular weight excluding hydrogens is 512 g/mol. The normalized spacial score (nSPS) is 47.9. The van der Waals surface area contributed by atoms with Crippen LogP contribution >= 0.6 is 0 Å². The summed E-state index contributed by atoms with van der Waals surface area (Å²) >= 11 is 0. The fourth-order valence-corrected chi connectivity index (χ4v) is 16.3. The summed E-state index contributed by atoms with van der Waals surface area (Å²) in [5.41, 5.74) is -0.526. The fourth-order valence-electron chi connectivity index (χ4n) is 11.3. The van der Waals surface area contributed by atoms with E-state index in [1.54, 1.807) is 0 Å². The summed E-state index contributed by atoms with van der Waals surface area (Å²) in [5, 5.41) is 0. The molecule has 0 N–H and O–H groups in total. The zero-order valence-corrected chi connectivity index (χ0v) is 23.8.